The van der Waals surface area contributed by atoms with Crippen LogP contribution in [0.25, 0.3) is 0 Å². The van der Waals surface area contributed by atoms with Crippen molar-refractivity contribution in [1.82, 2.24) is 0 Å². The van der Waals surface area contributed by atoms with Gasteiger partial charge in [-0.3, -0.25) is 0 Å². The lowest BCUT2D eigenvalue weighted by molar-refractivity contribution is -0.253. The van der Waals surface area contributed by atoms with Gasteiger partial charge < -0.3 is 10.5 Å². The van der Waals surface area contributed by atoms with Crippen molar-refractivity contribution in [2.75, 3.05) is 0 Å². The van der Waals surface area contributed by atoms with Crippen molar-refractivity contribution in [2.24, 2.45) is 5.73 Å². The maximum absolute atomic E-state index is 12.8. The summed E-state index contributed by atoms with van der Waals surface area (Å²) in [6.45, 7) is 0. The van der Waals surface area contributed by atoms with Crippen LogP contribution >= 0.6 is 0 Å². The second kappa shape index (κ2) is 6.14. The summed E-state index contributed by atoms with van der Waals surface area (Å²) < 4.78 is 77.8. The molecule has 0 aromatic heterocycles. The van der Waals surface area contributed by atoms with Crippen LogP contribution in [-0.4, -0.2) is 19.0 Å². The molecule has 0 bridgehead atoms. The molecule has 19 heavy (non-hydrogen) atoms. The van der Waals surface area contributed by atoms with Gasteiger partial charge in [0.1, 0.15) is 5.75 Å². The van der Waals surface area contributed by atoms with Gasteiger partial charge in [0.2, 0.25) is 6.43 Å². The van der Waals surface area contributed by atoms with E-state index in [0.29, 0.717) is 0 Å². The van der Waals surface area contributed by atoms with Crippen molar-refractivity contribution in [3.63, 3.8) is 0 Å². The molecule has 2 N–H and O–H groups in total. The maximum atomic E-state index is 12.8. The fraction of sp³-hybridized carbons (Fsp3) is 0.455. The van der Waals surface area contributed by atoms with E-state index in [1.807, 2.05) is 0 Å². The molecule has 1 atom stereocenters. The number of ether oxygens (including phenoxy) is 1. The monoisotopic (exact) mass is 287 g/mol. The van der Waals surface area contributed by atoms with Crippen molar-refractivity contribution in [2.45, 2.75) is 31.4 Å². The minimum absolute atomic E-state index is 0.178. The van der Waals surface area contributed by atoms with Gasteiger partial charge in [0, 0.05) is 18.0 Å². The van der Waals surface area contributed by atoms with Crippen LogP contribution in [0, 0.1) is 0 Å². The molecule has 0 saturated heterocycles. The average molecular weight is 287 g/mol. The number of halogens is 6. The first-order valence-corrected chi connectivity index (χ1v) is 5.21. The van der Waals surface area contributed by atoms with Crippen LogP contribution in [0.4, 0.5) is 26.3 Å². The molecular weight excluding hydrogens is 276 g/mol. The Bertz CT molecular complexity index is 412. The molecule has 108 valence electrons. The van der Waals surface area contributed by atoms with Crippen LogP contribution in [0.15, 0.2) is 24.3 Å². The Morgan fingerprint density at radius 1 is 1.11 bits per heavy atom. The van der Waals surface area contributed by atoms with Gasteiger partial charge in [-0.1, -0.05) is 18.2 Å². The van der Waals surface area contributed by atoms with Crippen LogP contribution in [0.1, 0.15) is 18.0 Å². The van der Waals surface area contributed by atoms with Gasteiger partial charge in [-0.2, -0.15) is 17.6 Å². The molecule has 0 radical (unpaired) electrons. The molecule has 1 aromatic rings. The summed E-state index contributed by atoms with van der Waals surface area (Å²) in [4.78, 5) is 0. The molecule has 0 spiro atoms. The number of alkyl halides is 6. The standard InChI is InChI=1S/C11H11F6NO/c12-9(13)5-7(18)6-3-1-2-4-8(6)19-11(16,17)10(14)15/h1-4,7,9-10H,5,18H2/t7-/m1/s1. The molecule has 0 unspecified atom stereocenters. The predicted molar refractivity (Wildman–Crippen MR) is 55.6 cm³/mol. The van der Waals surface area contributed by atoms with Crippen molar-refractivity contribution in [3.8, 4) is 5.75 Å². The lowest BCUT2D eigenvalue weighted by Crippen LogP contribution is -2.34. The van der Waals surface area contributed by atoms with Gasteiger partial charge >= 0.3 is 12.5 Å². The van der Waals surface area contributed by atoms with Gasteiger partial charge in [-0.25, -0.2) is 8.78 Å². The number of rotatable bonds is 6. The van der Waals surface area contributed by atoms with E-state index < -0.39 is 37.2 Å². The zero-order valence-electron chi connectivity index (χ0n) is 9.50. The van der Waals surface area contributed by atoms with Crippen LogP contribution in [0.3, 0.4) is 0 Å². The second-order valence-corrected chi connectivity index (χ2v) is 3.74. The van der Waals surface area contributed by atoms with E-state index in [-0.39, 0.29) is 5.56 Å². The van der Waals surface area contributed by atoms with E-state index in [0.717, 1.165) is 6.07 Å². The largest absolute Gasteiger partial charge is 0.461 e. The zero-order valence-corrected chi connectivity index (χ0v) is 9.50. The molecule has 0 aliphatic carbocycles. The normalized spacial score (nSPS) is 13.9. The summed E-state index contributed by atoms with van der Waals surface area (Å²) in [6, 6.07) is 3.45. The number of hydrogen-bond acceptors (Lipinski definition) is 2. The molecule has 0 aliphatic heterocycles. The summed E-state index contributed by atoms with van der Waals surface area (Å²) in [6.07, 6.45) is -12.3. The van der Waals surface area contributed by atoms with E-state index in [1.54, 1.807) is 0 Å². The first kappa shape index (κ1) is 15.6. The van der Waals surface area contributed by atoms with E-state index in [9.17, 15) is 26.3 Å². The highest BCUT2D eigenvalue weighted by Crippen LogP contribution is 2.33. The number of hydrogen-bond donors (Lipinski definition) is 1. The lowest BCUT2D eigenvalue weighted by atomic mass is 10.0. The zero-order chi connectivity index (χ0) is 14.6. The van der Waals surface area contributed by atoms with E-state index in [2.05, 4.69) is 4.74 Å². The number of benzene rings is 1. The molecule has 0 aliphatic rings. The van der Waals surface area contributed by atoms with Crippen LogP contribution in [0.2, 0.25) is 0 Å². The summed E-state index contributed by atoms with van der Waals surface area (Å²) >= 11 is 0. The summed E-state index contributed by atoms with van der Waals surface area (Å²) in [5.74, 6) is -0.638. The SMILES string of the molecule is N[C@H](CC(F)F)c1ccccc1OC(F)(F)C(F)F. The molecule has 0 fully saturated rings. The smallest absolute Gasteiger partial charge is 0.428 e. The minimum Gasteiger partial charge on any atom is -0.428 e. The van der Waals surface area contributed by atoms with Crippen LogP contribution in [-0.2, 0) is 0 Å². The van der Waals surface area contributed by atoms with Crippen LogP contribution in [0.5, 0.6) is 5.75 Å². The molecular formula is C11H11F6NO. The van der Waals surface area contributed by atoms with Crippen molar-refractivity contribution in [3.05, 3.63) is 29.8 Å². The van der Waals surface area contributed by atoms with Crippen molar-refractivity contribution in [1.29, 1.82) is 0 Å². The molecule has 0 saturated carbocycles. The first-order chi connectivity index (χ1) is 8.74. The van der Waals surface area contributed by atoms with Gasteiger partial charge in [0.15, 0.2) is 0 Å². The van der Waals surface area contributed by atoms with E-state index in [1.165, 1.54) is 18.2 Å². The Kier molecular flexibility index (Phi) is 5.04. The van der Waals surface area contributed by atoms with Crippen molar-refractivity contribution < 1.29 is 31.1 Å². The predicted octanol–water partition coefficient (Wildman–Crippen LogP) is 3.58. The Hall–Kier alpha value is -1.44. The highest BCUT2D eigenvalue weighted by atomic mass is 19.3. The fourth-order valence-corrected chi connectivity index (χ4v) is 1.39. The summed E-state index contributed by atoms with van der Waals surface area (Å²) in [5, 5.41) is 0. The lowest BCUT2D eigenvalue weighted by Gasteiger charge is -2.21. The third-order valence-electron chi connectivity index (χ3n) is 2.25. The van der Waals surface area contributed by atoms with E-state index >= 15 is 0 Å². The maximum Gasteiger partial charge on any atom is 0.461 e. The third-order valence-corrected chi connectivity index (χ3v) is 2.25. The van der Waals surface area contributed by atoms with Crippen molar-refractivity contribution >= 4 is 0 Å². The van der Waals surface area contributed by atoms with Gasteiger partial charge in [0.25, 0.3) is 0 Å². The average Bonchev–Trinajstić information content (AvgIpc) is 2.27. The summed E-state index contributed by atoms with van der Waals surface area (Å²) in [7, 11) is 0. The molecule has 0 amide bonds. The fourth-order valence-electron chi connectivity index (χ4n) is 1.39. The Balaban J connectivity index is 2.96. The number of nitrogens with two attached hydrogens (primary N) is 1. The van der Waals surface area contributed by atoms with Gasteiger partial charge in [-0.15, -0.1) is 0 Å². The van der Waals surface area contributed by atoms with Crippen LogP contribution < -0.4 is 10.5 Å². The molecule has 2 nitrogen and oxygen atoms in total. The quantitative estimate of drug-likeness (QED) is 0.812. The molecule has 8 heteroatoms. The highest BCUT2D eigenvalue weighted by molar-refractivity contribution is 5.36. The topological polar surface area (TPSA) is 35.2 Å². The Morgan fingerprint density at radius 2 is 1.68 bits per heavy atom. The molecule has 0 heterocycles. The third kappa shape index (κ3) is 4.30. The first-order valence-electron chi connectivity index (χ1n) is 5.21. The summed E-state index contributed by atoms with van der Waals surface area (Å²) in [5.41, 5.74) is 5.22. The number of para-hydroxylation sites is 1. The highest BCUT2D eigenvalue weighted by Gasteiger charge is 2.44. The Morgan fingerprint density at radius 3 is 2.21 bits per heavy atom. The van der Waals surface area contributed by atoms with Gasteiger partial charge in [0.05, 0.1) is 0 Å². The van der Waals surface area contributed by atoms with E-state index in [4.69, 9.17) is 5.73 Å². The molecule has 1 aromatic carbocycles. The second-order valence-electron chi connectivity index (χ2n) is 3.74. The Labute approximate surface area is 105 Å². The molecule has 1 rings (SSSR count). The minimum atomic E-state index is -4.71. The van der Waals surface area contributed by atoms with Gasteiger partial charge in [-0.05, 0) is 6.07 Å².